The fraction of sp³-hybridized carbons (Fsp3) is 0.625. The smallest absolute Gasteiger partial charge is 0.135 e. The van der Waals surface area contributed by atoms with Gasteiger partial charge < -0.3 is 0 Å². The standard InChI is InChI=1S/C6H8N2O2.C2H6/c1-4(9)3-6-5(2)7-10-8-6;1-2/h3H2,1-2H3;1-2H3. The first-order valence-corrected chi connectivity index (χ1v) is 3.97. The van der Waals surface area contributed by atoms with Crippen LogP contribution in [-0.2, 0) is 11.2 Å². The normalized spacial score (nSPS) is 8.67. The van der Waals surface area contributed by atoms with E-state index in [9.17, 15) is 4.79 Å². The van der Waals surface area contributed by atoms with Crippen molar-refractivity contribution in [2.24, 2.45) is 0 Å². The predicted octanol–water partition coefficient (Wildman–Crippen LogP) is 1.54. The molecule has 0 radical (unpaired) electrons. The molecule has 68 valence electrons. The van der Waals surface area contributed by atoms with Gasteiger partial charge in [-0.2, -0.15) is 0 Å². The Bertz CT molecular complexity index is 243. The number of hydrogen-bond donors (Lipinski definition) is 0. The zero-order valence-corrected chi connectivity index (χ0v) is 7.92. The van der Waals surface area contributed by atoms with Gasteiger partial charge in [0.25, 0.3) is 0 Å². The zero-order chi connectivity index (χ0) is 9.56. The van der Waals surface area contributed by atoms with E-state index in [1.165, 1.54) is 6.92 Å². The minimum absolute atomic E-state index is 0.0683. The van der Waals surface area contributed by atoms with Gasteiger partial charge in [-0.3, -0.25) is 4.79 Å². The molecule has 0 unspecified atom stereocenters. The van der Waals surface area contributed by atoms with Crippen molar-refractivity contribution in [3.8, 4) is 0 Å². The summed E-state index contributed by atoms with van der Waals surface area (Å²) in [5.41, 5.74) is 1.32. The molecule has 0 fully saturated rings. The maximum absolute atomic E-state index is 10.6. The molecule has 0 spiro atoms. The second-order valence-corrected chi connectivity index (χ2v) is 2.18. The van der Waals surface area contributed by atoms with Crippen LogP contribution in [0.1, 0.15) is 32.2 Å². The van der Waals surface area contributed by atoms with E-state index in [0.717, 1.165) is 0 Å². The summed E-state index contributed by atoms with van der Waals surface area (Å²) in [7, 11) is 0. The highest BCUT2D eigenvalue weighted by Gasteiger charge is 2.06. The van der Waals surface area contributed by atoms with E-state index in [0.29, 0.717) is 17.8 Å². The van der Waals surface area contributed by atoms with Crippen LogP contribution in [0.5, 0.6) is 0 Å². The van der Waals surface area contributed by atoms with Crippen LogP contribution in [-0.4, -0.2) is 16.1 Å². The summed E-state index contributed by atoms with van der Waals surface area (Å²) in [6, 6.07) is 0. The molecule has 1 aromatic heterocycles. The van der Waals surface area contributed by atoms with E-state index in [2.05, 4.69) is 14.9 Å². The summed E-state index contributed by atoms with van der Waals surface area (Å²) in [6.07, 6.45) is 0.315. The minimum atomic E-state index is 0.0683. The molecule has 0 amide bonds. The Hall–Kier alpha value is -1.19. The highest BCUT2D eigenvalue weighted by atomic mass is 16.6. The van der Waals surface area contributed by atoms with Crippen LogP contribution >= 0.6 is 0 Å². The topological polar surface area (TPSA) is 56.0 Å². The van der Waals surface area contributed by atoms with Gasteiger partial charge in [0.2, 0.25) is 0 Å². The molecule has 0 atom stereocenters. The molecule has 0 saturated carbocycles. The molecule has 0 aromatic carbocycles. The van der Waals surface area contributed by atoms with Gasteiger partial charge in [-0.05, 0) is 13.8 Å². The lowest BCUT2D eigenvalue weighted by molar-refractivity contribution is -0.116. The Morgan fingerprint density at radius 1 is 1.42 bits per heavy atom. The van der Waals surface area contributed by atoms with Crippen molar-refractivity contribution in [1.82, 2.24) is 10.3 Å². The van der Waals surface area contributed by atoms with Crippen LogP contribution < -0.4 is 0 Å². The molecule has 4 nitrogen and oxygen atoms in total. The number of aryl methyl sites for hydroxylation is 1. The Labute approximate surface area is 71.9 Å². The van der Waals surface area contributed by atoms with E-state index in [1.807, 2.05) is 13.8 Å². The fourth-order valence-corrected chi connectivity index (χ4v) is 0.646. The second kappa shape index (κ2) is 5.46. The van der Waals surface area contributed by atoms with Crippen LogP contribution in [0.4, 0.5) is 0 Å². The van der Waals surface area contributed by atoms with Crippen molar-refractivity contribution in [3.05, 3.63) is 11.4 Å². The van der Waals surface area contributed by atoms with Crippen molar-refractivity contribution in [1.29, 1.82) is 0 Å². The van der Waals surface area contributed by atoms with E-state index >= 15 is 0 Å². The highest BCUT2D eigenvalue weighted by Crippen LogP contribution is 2.00. The first kappa shape index (κ1) is 10.8. The first-order chi connectivity index (χ1) is 5.70. The average molecular weight is 170 g/mol. The molecule has 1 aromatic rings. The molecule has 0 bridgehead atoms. The van der Waals surface area contributed by atoms with Crippen molar-refractivity contribution in [2.75, 3.05) is 0 Å². The molecule has 1 rings (SSSR count). The molecule has 0 N–H and O–H groups in total. The van der Waals surface area contributed by atoms with Gasteiger partial charge in [0.15, 0.2) is 0 Å². The highest BCUT2D eigenvalue weighted by molar-refractivity contribution is 5.77. The third-order valence-electron chi connectivity index (χ3n) is 1.16. The number of rotatable bonds is 2. The van der Waals surface area contributed by atoms with Crippen LogP contribution in [0.3, 0.4) is 0 Å². The Balaban J connectivity index is 0.000000561. The van der Waals surface area contributed by atoms with Gasteiger partial charge in [-0.25, -0.2) is 4.63 Å². The van der Waals surface area contributed by atoms with Crippen LogP contribution in [0.2, 0.25) is 0 Å². The molecule has 0 aliphatic carbocycles. The summed E-state index contributed by atoms with van der Waals surface area (Å²) < 4.78 is 4.39. The molecule has 1 heterocycles. The number of carbonyl (C=O) groups is 1. The maximum atomic E-state index is 10.6. The summed E-state index contributed by atoms with van der Waals surface area (Å²) in [6.45, 7) is 7.27. The average Bonchev–Trinajstić information content (AvgIpc) is 2.40. The van der Waals surface area contributed by atoms with E-state index in [1.54, 1.807) is 6.92 Å². The lowest BCUT2D eigenvalue weighted by atomic mass is 10.2. The van der Waals surface area contributed by atoms with E-state index in [4.69, 9.17) is 0 Å². The number of carbonyl (C=O) groups excluding carboxylic acids is 1. The lowest BCUT2D eigenvalue weighted by Gasteiger charge is -1.86. The van der Waals surface area contributed by atoms with Crippen molar-refractivity contribution in [2.45, 2.75) is 34.1 Å². The van der Waals surface area contributed by atoms with Crippen molar-refractivity contribution >= 4 is 5.78 Å². The zero-order valence-electron chi connectivity index (χ0n) is 7.92. The van der Waals surface area contributed by atoms with Gasteiger partial charge >= 0.3 is 0 Å². The Morgan fingerprint density at radius 3 is 2.33 bits per heavy atom. The van der Waals surface area contributed by atoms with E-state index < -0.39 is 0 Å². The fourth-order valence-electron chi connectivity index (χ4n) is 0.646. The quantitative estimate of drug-likeness (QED) is 0.675. The molecule has 0 saturated heterocycles. The second-order valence-electron chi connectivity index (χ2n) is 2.18. The predicted molar refractivity (Wildman–Crippen MR) is 44.8 cm³/mol. The molecule has 12 heavy (non-hydrogen) atoms. The number of hydrogen-bond acceptors (Lipinski definition) is 4. The largest absolute Gasteiger partial charge is 0.300 e. The number of nitrogens with zero attached hydrogens (tertiary/aromatic N) is 2. The van der Waals surface area contributed by atoms with Crippen molar-refractivity contribution < 1.29 is 9.42 Å². The van der Waals surface area contributed by atoms with Gasteiger partial charge in [-0.1, -0.05) is 24.2 Å². The molecule has 4 heteroatoms. The summed E-state index contributed by atoms with van der Waals surface area (Å²) >= 11 is 0. The third-order valence-corrected chi connectivity index (χ3v) is 1.16. The van der Waals surface area contributed by atoms with Crippen LogP contribution in [0, 0.1) is 6.92 Å². The van der Waals surface area contributed by atoms with E-state index in [-0.39, 0.29) is 5.78 Å². The SMILES string of the molecule is CC.CC(=O)Cc1nonc1C. The molecule has 0 aliphatic heterocycles. The monoisotopic (exact) mass is 170 g/mol. The maximum Gasteiger partial charge on any atom is 0.135 e. The molecule has 0 aliphatic rings. The van der Waals surface area contributed by atoms with Crippen molar-refractivity contribution in [3.63, 3.8) is 0 Å². The molecular weight excluding hydrogens is 156 g/mol. The van der Waals surface area contributed by atoms with Gasteiger partial charge in [0.05, 0.1) is 6.42 Å². The molecular formula is C8H14N2O2. The summed E-state index contributed by atoms with van der Waals surface area (Å²) in [4.78, 5) is 10.6. The third kappa shape index (κ3) is 3.27. The lowest BCUT2D eigenvalue weighted by Crippen LogP contribution is -1.97. The Morgan fingerprint density at radius 2 is 2.00 bits per heavy atom. The summed E-state index contributed by atoms with van der Waals surface area (Å²) in [5, 5.41) is 7.08. The number of aromatic nitrogens is 2. The minimum Gasteiger partial charge on any atom is -0.300 e. The van der Waals surface area contributed by atoms with Crippen LogP contribution in [0.25, 0.3) is 0 Å². The number of Topliss-reactive ketones (excluding diaryl/α,β-unsaturated/α-hetero) is 1. The van der Waals surface area contributed by atoms with Crippen LogP contribution in [0.15, 0.2) is 4.63 Å². The van der Waals surface area contributed by atoms with Gasteiger partial charge in [0.1, 0.15) is 17.2 Å². The number of ketones is 1. The Kier molecular flexibility index (Phi) is 4.92. The van der Waals surface area contributed by atoms with Gasteiger partial charge in [0, 0.05) is 0 Å². The summed E-state index contributed by atoms with van der Waals surface area (Å²) in [5.74, 6) is 0.0683. The van der Waals surface area contributed by atoms with Gasteiger partial charge in [-0.15, -0.1) is 0 Å². The first-order valence-electron chi connectivity index (χ1n) is 3.97.